The number of para-hydroxylation sites is 1. The molecule has 0 radical (unpaired) electrons. The predicted molar refractivity (Wildman–Crippen MR) is 121 cm³/mol. The average Bonchev–Trinajstić information content (AvgIpc) is 3.12. The number of hydrogen-bond acceptors (Lipinski definition) is 4. The molecule has 0 aliphatic carbocycles. The second kappa shape index (κ2) is 10.3. The number of hydrogen-bond donors (Lipinski definition) is 2. The first-order chi connectivity index (χ1) is 13.2. The third kappa shape index (κ3) is 5.28. The van der Waals surface area contributed by atoms with Gasteiger partial charge in [0.2, 0.25) is 5.91 Å². The lowest BCUT2D eigenvalue weighted by atomic mass is 10.1. The highest BCUT2D eigenvalue weighted by Crippen LogP contribution is 2.24. The summed E-state index contributed by atoms with van der Waals surface area (Å²) in [6.07, 6.45) is 4.36. The standard InChI is InChI=1S/C21H23N5O.2ClH/c22-18-6-2-1-5-15(18)10-13-20(27)23-17-11-8-16(9-12-17)21-25-24-19-7-3-4-14-26(19)21;;/h1-2,5-6,8-9,11-12H,3-4,7,10,13-14,22H2,(H,23,27);2*1H. The quantitative estimate of drug-likeness (QED) is 0.587. The number of aryl methyl sites for hydroxylation is 2. The topological polar surface area (TPSA) is 85.8 Å². The number of nitrogen functional groups attached to an aromatic ring is 1. The van der Waals surface area contributed by atoms with E-state index in [1.807, 2.05) is 48.5 Å². The van der Waals surface area contributed by atoms with Gasteiger partial charge in [-0.25, -0.2) is 0 Å². The fraction of sp³-hybridized carbons (Fsp3) is 0.286. The van der Waals surface area contributed by atoms with Crippen molar-refractivity contribution in [3.05, 3.63) is 59.9 Å². The van der Waals surface area contributed by atoms with E-state index in [0.717, 1.165) is 53.5 Å². The SMILES string of the molecule is Cl.Cl.Nc1ccccc1CCC(=O)Nc1ccc(-c2nnc3n2CCCC3)cc1. The van der Waals surface area contributed by atoms with Gasteiger partial charge in [-0.1, -0.05) is 18.2 Å². The maximum Gasteiger partial charge on any atom is 0.224 e. The summed E-state index contributed by atoms with van der Waals surface area (Å²) < 4.78 is 2.20. The van der Waals surface area contributed by atoms with Gasteiger partial charge in [-0.15, -0.1) is 35.0 Å². The molecule has 4 rings (SSSR count). The number of carbonyl (C=O) groups excluding carboxylic acids is 1. The molecule has 1 aliphatic rings. The molecular weight excluding hydrogens is 409 g/mol. The Balaban J connectivity index is 0.00000150. The Labute approximate surface area is 182 Å². The Morgan fingerprint density at radius 3 is 2.55 bits per heavy atom. The van der Waals surface area contributed by atoms with E-state index in [1.54, 1.807) is 0 Å². The summed E-state index contributed by atoms with van der Waals surface area (Å²) in [7, 11) is 0. The minimum Gasteiger partial charge on any atom is -0.399 e. The molecule has 3 N–H and O–H groups in total. The summed E-state index contributed by atoms with van der Waals surface area (Å²) in [5.41, 5.74) is 9.45. The predicted octanol–water partition coefficient (Wildman–Crippen LogP) is 4.28. The summed E-state index contributed by atoms with van der Waals surface area (Å²) in [6.45, 7) is 0.971. The van der Waals surface area contributed by atoms with Crippen LogP contribution >= 0.6 is 24.8 Å². The van der Waals surface area contributed by atoms with E-state index in [-0.39, 0.29) is 30.7 Å². The lowest BCUT2D eigenvalue weighted by molar-refractivity contribution is -0.116. The first-order valence-electron chi connectivity index (χ1n) is 9.36. The number of aromatic nitrogens is 3. The van der Waals surface area contributed by atoms with Crippen molar-refractivity contribution in [1.82, 2.24) is 14.8 Å². The molecule has 0 unspecified atom stereocenters. The first-order valence-corrected chi connectivity index (χ1v) is 9.36. The highest BCUT2D eigenvalue weighted by atomic mass is 35.5. The number of benzene rings is 2. The molecule has 8 heteroatoms. The van der Waals surface area contributed by atoms with Gasteiger partial charge in [-0.3, -0.25) is 4.79 Å². The molecule has 1 amide bonds. The Morgan fingerprint density at radius 1 is 1.03 bits per heavy atom. The van der Waals surface area contributed by atoms with E-state index in [2.05, 4.69) is 20.1 Å². The number of halogens is 2. The van der Waals surface area contributed by atoms with Crippen LogP contribution in [0.3, 0.4) is 0 Å². The van der Waals surface area contributed by atoms with Crippen LogP contribution in [0.1, 0.15) is 30.7 Å². The fourth-order valence-electron chi connectivity index (χ4n) is 3.46. The van der Waals surface area contributed by atoms with Crippen molar-refractivity contribution in [3.63, 3.8) is 0 Å². The Bertz CT molecular complexity index is 956. The zero-order valence-electron chi connectivity index (χ0n) is 16.0. The van der Waals surface area contributed by atoms with Crippen molar-refractivity contribution in [3.8, 4) is 11.4 Å². The second-order valence-electron chi connectivity index (χ2n) is 6.87. The highest BCUT2D eigenvalue weighted by molar-refractivity contribution is 5.91. The summed E-state index contributed by atoms with van der Waals surface area (Å²) in [4.78, 5) is 12.2. The molecule has 154 valence electrons. The fourth-order valence-corrected chi connectivity index (χ4v) is 3.46. The minimum atomic E-state index is -0.0224. The third-order valence-corrected chi connectivity index (χ3v) is 4.96. The number of nitrogens with zero attached hydrogens (tertiary/aromatic N) is 3. The molecule has 0 spiro atoms. The van der Waals surface area contributed by atoms with Gasteiger partial charge in [0.1, 0.15) is 5.82 Å². The largest absolute Gasteiger partial charge is 0.399 e. The highest BCUT2D eigenvalue weighted by Gasteiger charge is 2.16. The molecule has 2 aromatic carbocycles. The van der Waals surface area contributed by atoms with E-state index in [1.165, 1.54) is 6.42 Å². The number of amides is 1. The van der Waals surface area contributed by atoms with Crippen molar-refractivity contribution in [2.24, 2.45) is 0 Å². The van der Waals surface area contributed by atoms with Crippen LogP contribution in [-0.2, 0) is 24.2 Å². The van der Waals surface area contributed by atoms with Gasteiger partial charge in [-0.2, -0.15) is 0 Å². The van der Waals surface area contributed by atoms with Gasteiger partial charge < -0.3 is 15.6 Å². The number of rotatable bonds is 5. The molecule has 1 aliphatic heterocycles. The molecule has 0 saturated heterocycles. The molecular formula is C21H25Cl2N5O. The van der Waals surface area contributed by atoms with Gasteiger partial charge in [0.05, 0.1) is 0 Å². The zero-order chi connectivity index (χ0) is 18.6. The third-order valence-electron chi connectivity index (χ3n) is 4.96. The van der Waals surface area contributed by atoms with Crippen LogP contribution in [0.2, 0.25) is 0 Å². The number of anilines is 2. The molecule has 29 heavy (non-hydrogen) atoms. The molecule has 3 aromatic rings. The van der Waals surface area contributed by atoms with Crippen molar-refractivity contribution >= 4 is 42.1 Å². The Hall–Kier alpha value is -2.57. The van der Waals surface area contributed by atoms with E-state index >= 15 is 0 Å². The van der Waals surface area contributed by atoms with Crippen LogP contribution in [0.4, 0.5) is 11.4 Å². The summed E-state index contributed by atoms with van der Waals surface area (Å²) in [5.74, 6) is 1.95. The molecule has 0 saturated carbocycles. The number of carbonyl (C=O) groups is 1. The van der Waals surface area contributed by atoms with Crippen molar-refractivity contribution in [2.75, 3.05) is 11.1 Å². The molecule has 1 aromatic heterocycles. The van der Waals surface area contributed by atoms with Crippen LogP contribution < -0.4 is 11.1 Å². The van der Waals surface area contributed by atoms with Crippen LogP contribution in [0, 0.1) is 0 Å². The smallest absolute Gasteiger partial charge is 0.224 e. The van der Waals surface area contributed by atoms with E-state index in [4.69, 9.17) is 5.73 Å². The van der Waals surface area contributed by atoms with Gasteiger partial charge in [0, 0.05) is 36.3 Å². The van der Waals surface area contributed by atoms with Gasteiger partial charge in [0.15, 0.2) is 5.82 Å². The van der Waals surface area contributed by atoms with Crippen LogP contribution in [0.25, 0.3) is 11.4 Å². The normalized spacial score (nSPS) is 12.3. The molecule has 0 fully saturated rings. The zero-order valence-corrected chi connectivity index (χ0v) is 17.6. The first kappa shape index (κ1) is 22.7. The molecule has 2 heterocycles. The summed E-state index contributed by atoms with van der Waals surface area (Å²) in [5, 5.41) is 11.6. The monoisotopic (exact) mass is 433 g/mol. The Kier molecular flexibility index (Phi) is 8.05. The number of nitrogens with one attached hydrogen (secondary N) is 1. The van der Waals surface area contributed by atoms with Gasteiger partial charge in [-0.05, 0) is 55.2 Å². The summed E-state index contributed by atoms with van der Waals surface area (Å²) >= 11 is 0. The van der Waals surface area contributed by atoms with Gasteiger partial charge in [0.25, 0.3) is 0 Å². The van der Waals surface area contributed by atoms with Crippen molar-refractivity contribution in [2.45, 2.75) is 38.6 Å². The van der Waals surface area contributed by atoms with Gasteiger partial charge >= 0.3 is 0 Å². The lowest BCUT2D eigenvalue weighted by Gasteiger charge is -2.14. The maximum atomic E-state index is 12.2. The molecule has 0 bridgehead atoms. The Morgan fingerprint density at radius 2 is 1.79 bits per heavy atom. The number of nitrogens with two attached hydrogens (primary N) is 1. The molecule has 6 nitrogen and oxygen atoms in total. The minimum absolute atomic E-state index is 0. The van der Waals surface area contributed by atoms with Crippen LogP contribution in [-0.4, -0.2) is 20.7 Å². The average molecular weight is 434 g/mol. The van der Waals surface area contributed by atoms with Crippen molar-refractivity contribution < 1.29 is 4.79 Å². The molecule has 0 atom stereocenters. The van der Waals surface area contributed by atoms with Crippen LogP contribution in [0.15, 0.2) is 48.5 Å². The van der Waals surface area contributed by atoms with Crippen molar-refractivity contribution in [1.29, 1.82) is 0 Å². The maximum absolute atomic E-state index is 12.2. The summed E-state index contributed by atoms with van der Waals surface area (Å²) in [6, 6.07) is 15.4. The van der Waals surface area contributed by atoms with E-state index < -0.39 is 0 Å². The number of fused-ring (bicyclic) bond motifs is 1. The van der Waals surface area contributed by atoms with Crippen LogP contribution in [0.5, 0.6) is 0 Å². The lowest BCUT2D eigenvalue weighted by Crippen LogP contribution is -2.13. The van der Waals surface area contributed by atoms with E-state index in [0.29, 0.717) is 12.8 Å². The van der Waals surface area contributed by atoms with E-state index in [9.17, 15) is 4.79 Å². The second-order valence-corrected chi connectivity index (χ2v) is 6.87.